The fourth-order valence-electron chi connectivity index (χ4n) is 2.51. The SMILES string of the molecule is Cc1oc(-c2ccccc2)nc1C(=O)OCC(=O)c1ccc(NS(C)(=O)=O)cc1. The molecule has 0 saturated heterocycles. The van der Waals surface area contributed by atoms with Gasteiger partial charge in [0.25, 0.3) is 0 Å². The summed E-state index contributed by atoms with van der Waals surface area (Å²) in [6.45, 7) is 1.11. The van der Waals surface area contributed by atoms with Gasteiger partial charge in [-0.2, -0.15) is 0 Å². The smallest absolute Gasteiger partial charge is 0.361 e. The lowest BCUT2D eigenvalue weighted by molar-refractivity contribution is 0.0468. The fraction of sp³-hybridized carbons (Fsp3) is 0.150. The maximum atomic E-state index is 12.3. The van der Waals surface area contributed by atoms with Crippen LogP contribution >= 0.6 is 0 Å². The summed E-state index contributed by atoms with van der Waals surface area (Å²) in [4.78, 5) is 28.7. The molecule has 0 unspecified atom stereocenters. The largest absolute Gasteiger partial charge is 0.452 e. The summed E-state index contributed by atoms with van der Waals surface area (Å²) in [6, 6.07) is 14.9. The maximum Gasteiger partial charge on any atom is 0.361 e. The minimum absolute atomic E-state index is 0.00403. The van der Waals surface area contributed by atoms with E-state index in [0.29, 0.717) is 11.3 Å². The van der Waals surface area contributed by atoms with Crippen LogP contribution in [0.5, 0.6) is 0 Å². The van der Waals surface area contributed by atoms with Gasteiger partial charge in [-0.3, -0.25) is 9.52 Å². The third-order valence-corrected chi connectivity index (χ3v) is 4.46. The summed E-state index contributed by atoms with van der Waals surface area (Å²) in [5.74, 6) is -0.626. The predicted molar refractivity (Wildman–Crippen MR) is 106 cm³/mol. The molecule has 0 aliphatic rings. The standard InChI is InChI=1S/C20H18N2O6S/c1-13-18(21-19(28-13)15-6-4-3-5-7-15)20(24)27-12-17(23)14-8-10-16(11-9-14)22-29(2,25)26/h3-11,22H,12H2,1-2H3. The number of rotatable bonds is 7. The van der Waals surface area contributed by atoms with Crippen molar-refractivity contribution < 1.29 is 27.2 Å². The van der Waals surface area contributed by atoms with Gasteiger partial charge in [0, 0.05) is 16.8 Å². The number of hydrogen-bond donors (Lipinski definition) is 1. The first-order valence-corrected chi connectivity index (χ1v) is 10.4. The normalized spacial score (nSPS) is 11.1. The van der Waals surface area contributed by atoms with E-state index >= 15 is 0 Å². The zero-order valence-corrected chi connectivity index (χ0v) is 16.5. The lowest BCUT2D eigenvalue weighted by atomic mass is 10.1. The van der Waals surface area contributed by atoms with E-state index < -0.39 is 28.4 Å². The Kier molecular flexibility index (Phi) is 5.79. The predicted octanol–water partition coefficient (Wildman–Crippen LogP) is 3.06. The molecule has 0 bridgehead atoms. The van der Waals surface area contributed by atoms with Gasteiger partial charge in [-0.05, 0) is 43.3 Å². The van der Waals surface area contributed by atoms with Gasteiger partial charge in [-0.25, -0.2) is 18.2 Å². The fourth-order valence-corrected chi connectivity index (χ4v) is 3.08. The first-order valence-electron chi connectivity index (χ1n) is 8.54. The number of esters is 1. The second-order valence-electron chi connectivity index (χ2n) is 6.24. The van der Waals surface area contributed by atoms with E-state index in [9.17, 15) is 18.0 Å². The minimum atomic E-state index is -3.40. The summed E-state index contributed by atoms with van der Waals surface area (Å²) in [5, 5.41) is 0. The van der Waals surface area contributed by atoms with Crippen molar-refractivity contribution in [2.24, 2.45) is 0 Å². The summed E-state index contributed by atoms with van der Waals surface area (Å²) in [7, 11) is -3.40. The van der Waals surface area contributed by atoms with E-state index in [1.165, 1.54) is 24.3 Å². The molecule has 3 rings (SSSR count). The molecule has 8 nitrogen and oxygen atoms in total. The van der Waals surface area contributed by atoms with E-state index in [-0.39, 0.29) is 22.9 Å². The highest BCUT2D eigenvalue weighted by atomic mass is 32.2. The van der Waals surface area contributed by atoms with Crippen LogP contribution in [0.1, 0.15) is 26.6 Å². The molecule has 3 aromatic rings. The second kappa shape index (κ2) is 8.27. The first-order chi connectivity index (χ1) is 13.7. The van der Waals surface area contributed by atoms with E-state index in [4.69, 9.17) is 9.15 Å². The van der Waals surface area contributed by atoms with Gasteiger partial charge in [-0.15, -0.1) is 0 Å². The molecule has 1 heterocycles. The third kappa shape index (κ3) is 5.29. The summed E-state index contributed by atoms with van der Waals surface area (Å²) in [5.41, 5.74) is 1.32. The van der Waals surface area contributed by atoms with Gasteiger partial charge in [-0.1, -0.05) is 18.2 Å². The average molecular weight is 414 g/mol. The van der Waals surface area contributed by atoms with Crippen LogP contribution in [-0.2, 0) is 14.8 Å². The number of aryl methyl sites for hydroxylation is 1. The van der Waals surface area contributed by atoms with E-state index in [1.807, 2.05) is 18.2 Å². The minimum Gasteiger partial charge on any atom is -0.452 e. The third-order valence-electron chi connectivity index (χ3n) is 3.86. The lowest BCUT2D eigenvalue weighted by Crippen LogP contribution is -2.15. The van der Waals surface area contributed by atoms with Crippen molar-refractivity contribution >= 4 is 27.5 Å². The van der Waals surface area contributed by atoms with Crippen LogP contribution < -0.4 is 4.72 Å². The molecule has 0 aliphatic carbocycles. The van der Waals surface area contributed by atoms with E-state index in [0.717, 1.165) is 6.26 Å². The van der Waals surface area contributed by atoms with Crippen LogP contribution in [-0.4, -0.2) is 38.0 Å². The molecule has 0 spiro atoms. The molecule has 150 valence electrons. The molecule has 1 N–H and O–H groups in total. The highest BCUT2D eigenvalue weighted by Crippen LogP contribution is 2.22. The summed E-state index contributed by atoms with van der Waals surface area (Å²) < 4.78 is 35.3. The van der Waals surface area contributed by atoms with Crippen LogP contribution in [0.2, 0.25) is 0 Å². The van der Waals surface area contributed by atoms with Crippen molar-refractivity contribution in [3.05, 3.63) is 71.6 Å². The van der Waals surface area contributed by atoms with Crippen molar-refractivity contribution in [2.75, 3.05) is 17.6 Å². The first kappa shape index (κ1) is 20.3. The summed E-state index contributed by atoms with van der Waals surface area (Å²) in [6.07, 6.45) is 1.03. The zero-order chi connectivity index (χ0) is 21.0. The number of oxazole rings is 1. The Hall–Kier alpha value is -3.46. The number of benzene rings is 2. The van der Waals surface area contributed by atoms with E-state index in [1.54, 1.807) is 19.1 Å². The van der Waals surface area contributed by atoms with E-state index in [2.05, 4.69) is 9.71 Å². The number of Topliss-reactive ketones (excluding diaryl/α,β-unsaturated/α-hetero) is 1. The molecular weight excluding hydrogens is 396 g/mol. The molecule has 9 heteroatoms. The number of carbonyl (C=O) groups is 2. The molecule has 0 aliphatic heterocycles. The van der Waals surface area contributed by atoms with Crippen LogP contribution in [0.4, 0.5) is 5.69 Å². The molecule has 0 amide bonds. The van der Waals surface area contributed by atoms with Gasteiger partial charge in [0.2, 0.25) is 15.9 Å². The number of anilines is 1. The van der Waals surface area contributed by atoms with Crippen molar-refractivity contribution in [1.29, 1.82) is 0 Å². The molecule has 2 aromatic carbocycles. The number of ketones is 1. The Morgan fingerprint density at radius 2 is 1.72 bits per heavy atom. The number of nitrogens with one attached hydrogen (secondary N) is 1. The Bertz CT molecular complexity index is 1140. The maximum absolute atomic E-state index is 12.3. The second-order valence-corrected chi connectivity index (χ2v) is 7.99. The molecule has 0 atom stereocenters. The molecule has 0 fully saturated rings. The zero-order valence-electron chi connectivity index (χ0n) is 15.7. The van der Waals surface area contributed by atoms with Crippen LogP contribution in [0.15, 0.2) is 59.0 Å². The number of ether oxygens (including phenoxy) is 1. The van der Waals surface area contributed by atoms with Crippen molar-refractivity contribution in [1.82, 2.24) is 4.98 Å². The number of hydrogen-bond acceptors (Lipinski definition) is 7. The van der Waals surface area contributed by atoms with Crippen LogP contribution in [0, 0.1) is 6.92 Å². The van der Waals surface area contributed by atoms with Gasteiger partial charge < -0.3 is 9.15 Å². The Morgan fingerprint density at radius 1 is 1.07 bits per heavy atom. The quantitative estimate of drug-likeness (QED) is 0.466. The van der Waals surface area contributed by atoms with Gasteiger partial charge in [0.1, 0.15) is 5.76 Å². The molecule has 0 saturated carbocycles. The Morgan fingerprint density at radius 3 is 2.34 bits per heavy atom. The van der Waals surface area contributed by atoms with Crippen LogP contribution in [0.3, 0.4) is 0 Å². The van der Waals surface area contributed by atoms with Gasteiger partial charge in [0.15, 0.2) is 18.1 Å². The van der Waals surface area contributed by atoms with Gasteiger partial charge in [0.05, 0.1) is 6.26 Å². The molecule has 0 radical (unpaired) electrons. The van der Waals surface area contributed by atoms with Crippen molar-refractivity contribution in [2.45, 2.75) is 6.92 Å². The van der Waals surface area contributed by atoms with Crippen LogP contribution in [0.25, 0.3) is 11.5 Å². The van der Waals surface area contributed by atoms with Crippen molar-refractivity contribution in [3.63, 3.8) is 0 Å². The topological polar surface area (TPSA) is 116 Å². The number of sulfonamides is 1. The Labute approximate surface area is 167 Å². The monoisotopic (exact) mass is 414 g/mol. The lowest BCUT2D eigenvalue weighted by Gasteiger charge is -2.06. The molecule has 29 heavy (non-hydrogen) atoms. The highest BCUT2D eigenvalue weighted by molar-refractivity contribution is 7.92. The Balaban J connectivity index is 1.63. The van der Waals surface area contributed by atoms with Crippen molar-refractivity contribution in [3.8, 4) is 11.5 Å². The number of nitrogens with zero attached hydrogens (tertiary/aromatic N) is 1. The average Bonchev–Trinajstić information content (AvgIpc) is 3.08. The number of aromatic nitrogens is 1. The highest BCUT2D eigenvalue weighted by Gasteiger charge is 2.20. The molecule has 1 aromatic heterocycles. The number of carbonyl (C=O) groups excluding carboxylic acids is 2. The summed E-state index contributed by atoms with van der Waals surface area (Å²) >= 11 is 0. The van der Waals surface area contributed by atoms with Gasteiger partial charge >= 0.3 is 5.97 Å². The molecular formula is C20H18N2O6S.